The van der Waals surface area contributed by atoms with Crippen LogP contribution in [0.1, 0.15) is 29.4 Å². The summed E-state index contributed by atoms with van der Waals surface area (Å²) in [5.74, 6) is 0.670. The van der Waals surface area contributed by atoms with Crippen LogP contribution >= 0.6 is 11.8 Å². The molecule has 0 saturated heterocycles. The summed E-state index contributed by atoms with van der Waals surface area (Å²) in [5.41, 5.74) is 6.67. The van der Waals surface area contributed by atoms with E-state index >= 15 is 0 Å². The molecule has 0 aliphatic carbocycles. The minimum atomic E-state index is -0.920. The molecular weight excluding hydrogens is 226 g/mol. The minimum absolute atomic E-state index is 0.193. The van der Waals surface area contributed by atoms with Gasteiger partial charge in [-0.1, -0.05) is 0 Å². The summed E-state index contributed by atoms with van der Waals surface area (Å²) in [6.45, 7) is 1.97. The van der Waals surface area contributed by atoms with Gasteiger partial charge in [0.15, 0.2) is 0 Å². The Balaban J connectivity index is 2.52. The molecular formula is C10H17N3O2S. The lowest BCUT2D eigenvalue weighted by atomic mass is 10.3. The van der Waals surface area contributed by atoms with E-state index in [4.69, 9.17) is 10.8 Å². The number of aromatic nitrogens is 2. The highest BCUT2D eigenvalue weighted by molar-refractivity contribution is 7.98. The standard InChI is InChI=1S/C10H17N3O2S/c1-7(11)3-4-16-6-9-8(10(14)15)5-12-13(9)2/h5,7H,3-4,6,11H2,1-2H3,(H,14,15). The average molecular weight is 243 g/mol. The van der Waals surface area contributed by atoms with E-state index in [0.717, 1.165) is 17.9 Å². The summed E-state index contributed by atoms with van der Waals surface area (Å²) in [6, 6.07) is 0.193. The highest BCUT2D eigenvalue weighted by Crippen LogP contribution is 2.17. The number of carboxylic acid groups (broad SMARTS) is 1. The van der Waals surface area contributed by atoms with Crippen LogP contribution in [-0.2, 0) is 12.8 Å². The Hall–Kier alpha value is -1.01. The number of hydrogen-bond donors (Lipinski definition) is 2. The van der Waals surface area contributed by atoms with Crippen molar-refractivity contribution in [3.05, 3.63) is 17.5 Å². The van der Waals surface area contributed by atoms with Crippen molar-refractivity contribution in [3.8, 4) is 0 Å². The van der Waals surface area contributed by atoms with E-state index in [1.807, 2.05) is 6.92 Å². The summed E-state index contributed by atoms with van der Waals surface area (Å²) < 4.78 is 1.61. The van der Waals surface area contributed by atoms with Crippen LogP contribution in [0.5, 0.6) is 0 Å². The number of thioether (sulfide) groups is 1. The first-order valence-electron chi connectivity index (χ1n) is 5.10. The smallest absolute Gasteiger partial charge is 0.339 e. The van der Waals surface area contributed by atoms with Gasteiger partial charge in [0.1, 0.15) is 5.56 Å². The van der Waals surface area contributed by atoms with Crippen molar-refractivity contribution in [1.82, 2.24) is 9.78 Å². The fourth-order valence-corrected chi connectivity index (χ4v) is 2.47. The maximum Gasteiger partial charge on any atom is 0.339 e. The summed E-state index contributed by atoms with van der Waals surface area (Å²) in [5, 5.41) is 12.9. The number of hydrogen-bond acceptors (Lipinski definition) is 4. The number of rotatable bonds is 6. The third kappa shape index (κ3) is 3.53. The first-order valence-corrected chi connectivity index (χ1v) is 6.25. The van der Waals surface area contributed by atoms with Crippen LogP contribution in [-0.4, -0.2) is 32.7 Å². The van der Waals surface area contributed by atoms with Gasteiger partial charge < -0.3 is 10.8 Å². The first-order chi connectivity index (χ1) is 7.52. The topological polar surface area (TPSA) is 81.1 Å². The van der Waals surface area contributed by atoms with E-state index in [0.29, 0.717) is 5.75 Å². The van der Waals surface area contributed by atoms with E-state index in [1.54, 1.807) is 23.5 Å². The first kappa shape index (κ1) is 13.1. The number of carbonyl (C=O) groups is 1. The summed E-state index contributed by atoms with van der Waals surface area (Å²) in [7, 11) is 1.76. The third-order valence-corrected chi connectivity index (χ3v) is 3.25. The predicted octanol–water partition coefficient (Wildman–Crippen LogP) is 1.09. The zero-order valence-corrected chi connectivity index (χ0v) is 10.3. The monoisotopic (exact) mass is 243 g/mol. The fraction of sp³-hybridized carbons (Fsp3) is 0.600. The van der Waals surface area contributed by atoms with Gasteiger partial charge in [0.25, 0.3) is 0 Å². The highest BCUT2D eigenvalue weighted by Gasteiger charge is 2.14. The molecule has 1 unspecified atom stereocenters. The lowest BCUT2D eigenvalue weighted by molar-refractivity contribution is 0.0696. The van der Waals surface area contributed by atoms with Crippen molar-refractivity contribution in [1.29, 1.82) is 0 Å². The lowest BCUT2D eigenvalue weighted by Crippen LogP contribution is -2.15. The second kappa shape index (κ2) is 5.91. The van der Waals surface area contributed by atoms with Gasteiger partial charge >= 0.3 is 5.97 Å². The van der Waals surface area contributed by atoms with Crippen molar-refractivity contribution in [2.24, 2.45) is 12.8 Å². The van der Waals surface area contributed by atoms with Crippen LogP contribution in [0.25, 0.3) is 0 Å². The number of nitrogens with zero attached hydrogens (tertiary/aromatic N) is 2. The van der Waals surface area contributed by atoms with Crippen LogP contribution in [0.4, 0.5) is 0 Å². The summed E-state index contributed by atoms with van der Waals surface area (Å²) in [4.78, 5) is 10.9. The number of carboxylic acids is 1. The molecule has 0 aliphatic rings. The molecule has 90 valence electrons. The molecule has 0 radical (unpaired) electrons. The van der Waals surface area contributed by atoms with E-state index in [2.05, 4.69) is 5.10 Å². The van der Waals surface area contributed by atoms with Crippen molar-refractivity contribution < 1.29 is 9.90 Å². The molecule has 0 fully saturated rings. The quantitative estimate of drug-likeness (QED) is 0.731. The fourth-order valence-electron chi connectivity index (χ4n) is 1.25. The van der Waals surface area contributed by atoms with Crippen LogP contribution in [0.15, 0.2) is 6.20 Å². The Labute approximate surface area is 99.0 Å². The summed E-state index contributed by atoms with van der Waals surface area (Å²) in [6.07, 6.45) is 2.33. The van der Waals surface area contributed by atoms with Gasteiger partial charge in [-0.3, -0.25) is 4.68 Å². The van der Waals surface area contributed by atoms with Crippen molar-refractivity contribution in [2.45, 2.75) is 25.1 Å². The molecule has 1 atom stereocenters. The molecule has 0 saturated carbocycles. The number of aryl methyl sites for hydroxylation is 1. The van der Waals surface area contributed by atoms with E-state index in [-0.39, 0.29) is 11.6 Å². The van der Waals surface area contributed by atoms with Gasteiger partial charge in [-0.15, -0.1) is 0 Å². The van der Waals surface area contributed by atoms with Crippen LogP contribution < -0.4 is 5.73 Å². The maximum atomic E-state index is 10.9. The van der Waals surface area contributed by atoms with Crippen molar-refractivity contribution in [2.75, 3.05) is 5.75 Å². The zero-order chi connectivity index (χ0) is 12.1. The van der Waals surface area contributed by atoms with Crippen LogP contribution in [0, 0.1) is 0 Å². The molecule has 5 nitrogen and oxygen atoms in total. The molecule has 1 aromatic heterocycles. The van der Waals surface area contributed by atoms with E-state index < -0.39 is 5.97 Å². The molecule has 0 bridgehead atoms. The molecule has 0 aromatic carbocycles. The maximum absolute atomic E-state index is 10.9. The second-order valence-corrected chi connectivity index (χ2v) is 4.86. The Morgan fingerprint density at radius 3 is 3.00 bits per heavy atom. The van der Waals surface area contributed by atoms with Gasteiger partial charge in [0.05, 0.1) is 11.9 Å². The highest BCUT2D eigenvalue weighted by atomic mass is 32.2. The predicted molar refractivity (Wildman–Crippen MR) is 64.6 cm³/mol. The molecule has 0 aliphatic heterocycles. The SMILES string of the molecule is CC(N)CCSCc1c(C(=O)O)cnn1C. The molecule has 6 heteroatoms. The van der Waals surface area contributed by atoms with E-state index in [9.17, 15) is 4.79 Å². The largest absolute Gasteiger partial charge is 0.478 e. The van der Waals surface area contributed by atoms with Gasteiger partial charge in [-0.05, 0) is 19.1 Å². The van der Waals surface area contributed by atoms with Crippen LogP contribution in [0.2, 0.25) is 0 Å². The summed E-state index contributed by atoms with van der Waals surface area (Å²) >= 11 is 1.68. The third-order valence-electron chi connectivity index (χ3n) is 2.25. The Kier molecular flexibility index (Phi) is 4.82. The Bertz CT molecular complexity index is 363. The van der Waals surface area contributed by atoms with Crippen molar-refractivity contribution >= 4 is 17.7 Å². The van der Waals surface area contributed by atoms with Gasteiger partial charge in [-0.25, -0.2) is 4.79 Å². The number of aromatic carboxylic acids is 1. The molecule has 1 heterocycles. The second-order valence-electron chi connectivity index (χ2n) is 3.75. The molecule has 1 aromatic rings. The molecule has 3 N–H and O–H groups in total. The molecule has 16 heavy (non-hydrogen) atoms. The Morgan fingerprint density at radius 1 is 1.75 bits per heavy atom. The van der Waals surface area contributed by atoms with Gasteiger partial charge in [0.2, 0.25) is 0 Å². The van der Waals surface area contributed by atoms with Gasteiger partial charge in [0, 0.05) is 18.8 Å². The Morgan fingerprint density at radius 2 is 2.44 bits per heavy atom. The van der Waals surface area contributed by atoms with E-state index in [1.165, 1.54) is 6.20 Å². The molecule has 0 amide bonds. The molecule has 1 rings (SSSR count). The number of nitrogens with two attached hydrogens (primary N) is 1. The lowest BCUT2D eigenvalue weighted by Gasteiger charge is -2.06. The van der Waals surface area contributed by atoms with Crippen LogP contribution in [0.3, 0.4) is 0 Å². The van der Waals surface area contributed by atoms with Gasteiger partial charge in [-0.2, -0.15) is 16.9 Å². The average Bonchev–Trinajstić information content (AvgIpc) is 2.54. The molecule has 0 spiro atoms. The van der Waals surface area contributed by atoms with Crippen molar-refractivity contribution in [3.63, 3.8) is 0 Å². The normalized spacial score (nSPS) is 12.7. The zero-order valence-electron chi connectivity index (χ0n) is 9.51. The minimum Gasteiger partial charge on any atom is -0.478 e.